The first-order valence-electron chi connectivity index (χ1n) is 10.2. The zero-order valence-electron chi connectivity index (χ0n) is 17.3. The van der Waals surface area contributed by atoms with E-state index in [4.69, 9.17) is 9.84 Å². The Morgan fingerprint density at radius 1 is 0.741 bits per heavy atom. The number of amides is 2. The molecule has 0 aromatic rings. The molecule has 7 heteroatoms. The molecule has 0 fully saturated rings. The summed E-state index contributed by atoms with van der Waals surface area (Å²) in [6, 6.07) is 0. The Hall–Kier alpha value is -1.79. The van der Waals surface area contributed by atoms with Crippen molar-refractivity contribution >= 4 is 18.0 Å². The summed E-state index contributed by atoms with van der Waals surface area (Å²) in [7, 11) is 0. The number of carbonyl (C=O) groups is 3. The third-order valence-corrected chi connectivity index (χ3v) is 3.89. The lowest BCUT2D eigenvalue weighted by Gasteiger charge is -2.19. The van der Waals surface area contributed by atoms with Crippen molar-refractivity contribution in [3.63, 3.8) is 0 Å². The summed E-state index contributed by atoms with van der Waals surface area (Å²) in [5.41, 5.74) is -0.512. The number of alkyl carbamates (subject to hydrolysis) is 1. The van der Waals surface area contributed by atoms with Gasteiger partial charge in [0.05, 0.1) is 0 Å². The molecule has 0 rings (SSSR count). The first-order valence-corrected chi connectivity index (χ1v) is 10.2. The van der Waals surface area contributed by atoms with Crippen molar-refractivity contribution in [1.29, 1.82) is 0 Å². The quantitative estimate of drug-likeness (QED) is 0.369. The van der Waals surface area contributed by atoms with Crippen LogP contribution in [-0.4, -0.2) is 41.8 Å². The highest BCUT2D eigenvalue weighted by Crippen LogP contribution is 2.09. The van der Waals surface area contributed by atoms with Crippen molar-refractivity contribution in [1.82, 2.24) is 10.6 Å². The second-order valence-corrected chi connectivity index (χ2v) is 7.85. The van der Waals surface area contributed by atoms with Gasteiger partial charge in [0.2, 0.25) is 5.91 Å². The minimum Gasteiger partial charge on any atom is -0.481 e. The van der Waals surface area contributed by atoms with Crippen molar-refractivity contribution in [3.8, 4) is 0 Å². The van der Waals surface area contributed by atoms with E-state index in [9.17, 15) is 14.4 Å². The van der Waals surface area contributed by atoms with E-state index in [1.807, 2.05) is 20.8 Å². The Kier molecular flexibility index (Phi) is 14.3. The summed E-state index contributed by atoms with van der Waals surface area (Å²) >= 11 is 0. The highest BCUT2D eigenvalue weighted by Gasteiger charge is 2.15. The number of aliphatic carboxylic acids is 1. The average molecular weight is 387 g/mol. The van der Waals surface area contributed by atoms with E-state index in [0.29, 0.717) is 25.9 Å². The van der Waals surface area contributed by atoms with Crippen molar-refractivity contribution in [2.45, 2.75) is 97.0 Å². The number of ether oxygens (including phenoxy) is 1. The van der Waals surface area contributed by atoms with E-state index in [1.54, 1.807) is 0 Å². The molecule has 0 aliphatic carbocycles. The van der Waals surface area contributed by atoms with Crippen LogP contribution in [0.5, 0.6) is 0 Å². The smallest absolute Gasteiger partial charge is 0.407 e. The lowest BCUT2D eigenvalue weighted by molar-refractivity contribution is -0.137. The van der Waals surface area contributed by atoms with Gasteiger partial charge in [-0.2, -0.15) is 0 Å². The maximum Gasteiger partial charge on any atom is 0.407 e. The number of rotatable bonds is 15. The molecule has 0 unspecified atom stereocenters. The lowest BCUT2D eigenvalue weighted by atomic mass is 10.1. The van der Waals surface area contributed by atoms with E-state index in [2.05, 4.69) is 10.6 Å². The molecule has 0 aromatic heterocycles. The zero-order valence-corrected chi connectivity index (χ0v) is 17.3. The highest BCUT2D eigenvalue weighted by atomic mass is 16.6. The molecule has 0 heterocycles. The van der Waals surface area contributed by atoms with Crippen molar-refractivity contribution in [2.24, 2.45) is 0 Å². The monoisotopic (exact) mass is 386 g/mol. The van der Waals surface area contributed by atoms with Gasteiger partial charge in [0, 0.05) is 25.9 Å². The molecule has 27 heavy (non-hydrogen) atoms. The number of hydrogen-bond donors (Lipinski definition) is 3. The Balaban J connectivity index is 3.35. The summed E-state index contributed by atoms with van der Waals surface area (Å²) in [6.07, 6.45) is 9.20. The molecule has 0 aromatic carbocycles. The number of hydrogen-bond acceptors (Lipinski definition) is 4. The Morgan fingerprint density at radius 3 is 1.81 bits per heavy atom. The first-order chi connectivity index (χ1) is 12.7. The van der Waals surface area contributed by atoms with E-state index >= 15 is 0 Å². The van der Waals surface area contributed by atoms with Crippen LogP contribution in [0.25, 0.3) is 0 Å². The molecule has 0 bridgehead atoms. The summed E-state index contributed by atoms with van der Waals surface area (Å²) < 4.78 is 5.12. The van der Waals surface area contributed by atoms with E-state index < -0.39 is 17.7 Å². The van der Waals surface area contributed by atoms with Gasteiger partial charge in [-0.1, -0.05) is 38.5 Å². The maximum atomic E-state index is 11.7. The molecular formula is C20H38N2O5. The molecule has 0 spiro atoms. The van der Waals surface area contributed by atoms with Crippen LogP contribution in [0.15, 0.2) is 0 Å². The van der Waals surface area contributed by atoms with E-state index in [1.165, 1.54) is 0 Å². The van der Waals surface area contributed by atoms with Crippen LogP contribution >= 0.6 is 0 Å². The Morgan fingerprint density at radius 2 is 1.26 bits per heavy atom. The van der Waals surface area contributed by atoms with Gasteiger partial charge in [-0.05, 0) is 40.0 Å². The summed E-state index contributed by atoms with van der Waals surface area (Å²) in [4.78, 5) is 33.5. The van der Waals surface area contributed by atoms with Crippen LogP contribution in [0, 0.1) is 0 Å². The van der Waals surface area contributed by atoms with Gasteiger partial charge in [0.25, 0.3) is 0 Å². The Labute approximate surface area is 163 Å². The normalized spacial score (nSPS) is 11.1. The van der Waals surface area contributed by atoms with Gasteiger partial charge in [0.15, 0.2) is 0 Å². The minimum atomic E-state index is -0.712. The van der Waals surface area contributed by atoms with Gasteiger partial charge in [-0.3, -0.25) is 9.59 Å². The fraction of sp³-hybridized carbons (Fsp3) is 0.850. The van der Waals surface area contributed by atoms with Crippen LogP contribution in [0.4, 0.5) is 4.79 Å². The van der Waals surface area contributed by atoms with Gasteiger partial charge in [-0.15, -0.1) is 0 Å². The van der Waals surface area contributed by atoms with Crippen LogP contribution in [0.1, 0.15) is 91.4 Å². The minimum absolute atomic E-state index is 0.0134. The molecule has 0 radical (unpaired) electrons. The zero-order chi connectivity index (χ0) is 20.5. The molecule has 0 aliphatic heterocycles. The van der Waals surface area contributed by atoms with Crippen molar-refractivity contribution in [3.05, 3.63) is 0 Å². The van der Waals surface area contributed by atoms with Gasteiger partial charge in [-0.25, -0.2) is 4.79 Å². The predicted octanol–water partition coefficient (Wildman–Crippen LogP) is 4.00. The van der Waals surface area contributed by atoms with Gasteiger partial charge < -0.3 is 20.5 Å². The molecule has 2 amide bonds. The summed E-state index contributed by atoms with van der Waals surface area (Å²) in [5, 5.41) is 14.1. The molecule has 0 atom stereocenters. The molecule has 158 valence electrons. The maximum absolute atomic E-state index is 11.7. The number of nitrogens with one attached hydrogen (secondary N) is 2. The highest BCUT2D eigenvalue weighted by molar-refractivity contribution is 5.75. The molecule has 3 N–H and O–H groups in total. The largest absolute Gasteiger partial charge is 0.481 e. The SMILES string of the molecule is CC(C)(C)OC(=O)NCCCC(=O)NCCCCCCCCCCC(=O)O. The third-order valence-electron chi connectivity index (χ3n) is 3.89. The fourth-order valence-electron chi connectivity index (χ4n) is 2.53. The number of unbranched alkanes of at least 4 members (excludes halogenated alkanes) is 7. The first kappa shape index (κ1) is 25.2. The lowest BCUT2D eigenvalue weighted by Crippen LogP contribution is -2.33. The summed E-state index contributed by atoms with van der Waals surface area (Å²) in [6.45, 7) is 6.54. The number of carboxylic acids is 1. The summed E-state index contributed by atoms with van der Waals surface area (Å²) in [5.74, 6) is -0.698. The van der Waals surface area contributed by atoms with E-state index in [-0.39, 0.29) is 12.3 Å². The fourth-order valence-corrected chi connectivity index (χ4v) is 2.53. The van der Waals surface area contributed by atoms with Gasteiger partial charge in [0.1, 0.15) is 5.60 Å². The second-order valence-electron chi connectivity index (χ2n) is 7.85. The number of carbonyl (C=O) groups excluding carboxylic acids is 2. The molecule has 0 aliphatic rings. The second kappa shape index (κ2) is 15.3. The van der Waals surface area contributed by atoms with Crippen LogP contribution in [0.2, 0.25) is 0 Å². The molecule has 0 saturated heterocycles. The van der Waals surface area contributed by atoms with Crippen molar-refractivity contribution in [2.75, 3.05) is 13.1 Å². The predicted molar refractivity (Wildman–Crippen MR) is 106 cm³/mol. The van der Waals surface area contributed by atoms with Crippen LogP contribution < -0.4 is 10.6 Å². The van der Waals surface area contributed by atoms with E-state index in [0.717, 1.165) is 51.4 Å². The molecule has 7 nitrogen and oxygen atoms in total. The van der Waals surface area contributed by atoms with Gasteiger partial charge >= 0.3 is 12.1 Å². The standard InChI is InChI=1S/C20H38N2O5/c1-20(2,3)27-19(26)22-16-12-13-17(23)21-15-11-9-7-5-4-6-8-10-14-18(24)25/h4-16H2,1-3H3,(H,21,23)(H,22,26)(H,24,25). The number of carboxylic acid groups (broad SMARTS) is 1. The molecule has 0 saturated carbocycles. The Bertz CT molecular complexity index is 433. The van der Waals surface area contributed by atoms with Crippen molar-refractivity contribution < 1.29 is 24.2 Å². The average Bonchev–Trinajstić information content (AvgIpc) is 2.54. The molecular weight excluding hydrogens is 348 g/mol. The van der Waals surface area contributed by atoms with Crippen LogP contribution in [0.3, 0.4) is 0 Å². The topological polar surface area (TPSA) is 105 Å². The third kappa shape index (κ3) is 20.4. The van der Waals surface area contributed by atoms with Crippen LogP contribution in [-0.2, 0) is 14.3 Å².